The van der Waals surface area contributed by atoms with E-state index in [2.05, 4.69) is 0 Å². The van der Waals surface area contributed by atoms with Crippen LogP contribution in [0.4, 0.5) is 0 Å². The first-order chi connectivity index (χ1) is 11.7. The Balaban J connectivity index is 2.12. The van der Waals surface area contributed by atoms with Crippen LogP contribution in [0.1, 0.15) is 15.9 Å². The largest absolute Gasteiger partial charge is 0.493 e. The standard InChI is InChI=1S/C19H17NO3S/c1-22-19-13-14(4-10-18(19)23-12-11-20)3-9-17(21)15-5-7-16(24-2)8-6-15/h3-10,13H,12H2,1-2H3/b9-3+. The van der Waals surface area contributed by atoms with Crippen molar-refractivity contribution in [2.75, 3.05) is 20.0 Å². The highest BCUT2D eigenvalue weighted by molar-refractivity contribution is 7.98. The number of methoxy groups -OCH3 is 1. The van der Waals surface area contributed by atoms with E-state index in [4.69, 9.17) is 14.7 Å². The van der Waals surface area contributed by atoms with Gasteiger partial charge < -0.3 is 9.47 Å². The third-order valence-corrected chi connectivity index (χ3v) is 4.03. The van der Waals surface area contributed by atoms with Gasteiger partial charge in [0.15, 0.2) is 23.9 Å². The third-order valence-electron chi connectivity index (χ3n) is 3.28. The van der Waals surface area contributed by atoms with Gasteiger partial charge in [-0.05, 0) is 54.3 Å². The Morgan fingerprint density at radius 1 is 1.21 bits per heavy atom. The maximum Gasteiger partial charge on any atom is 0.185 e. The van der Waals surface area contributed by atoms with Crippen molar-refractivity contribution in [1.29, 1.82) is 5.26 Å². The van der Waals surface area contributed by atoms with Crippen LogP contribution in [0.5, 0.6) is 11.5 Å². The molecule has 0 saturated heterocycles. The third kappa shape index (κ3) is 4.64. The number of carbonyl (C=O) groups is 1. The maximum atomic E-state index is 12.2. The molecule has 0 N–H and O–H groups in total. The average molecular weight is 339 g/mol. The molecule has 0 bridgehead atoms. The van der Waals surface area contributed by atoms with Crippen LogP contribution in [0, 0.1) is 11.3 Å². The quantitative estimate of drug-likeness (QED) is 0.429. The molecule has 0 saturated carbocycles. The van der Waals surface area contributed by atoms with Crippen molar-refractivity contribution in [2.24, 2.45) is 0 Å². The lowest BCUT2D eigenvalue weighted by molar-refractivity contribution is 0.104. The van der Waals surface area contributed by atoms with Crippen LogP contribution >= 0.6 is 11.8 Å². The molecule has 0 amide bonds. The Labute approximate surface area is 145 Å². The number of nitrogens with zero attached hydrogens (tertiary/aromatic N) is 1. The molecule has 24 heavy (non-hydrogen) atoms. The highest BCUT2D eigenvalue weighted by Crippen LogP contribution is 2.28. The van der Waals surface area contributed by atoms with Gasteiger partial charge in [0.2, 0.25) is 0 Å². The highest BCUT2D eigenvalue weighted by Gasteiger charge is 2.05. The van der Waals surface area contributed by atoms with E-state index in [0.29, 0.717) is 17.1 Å². The molecule has 122 valence electrons. The van der Waals surface area contributed by atoms with Crippen molar-refractivity contribution in [3.63, 3.8) is 0 Å². The van der Waals surface area contributed by atoms with Gasteiger partial charge in [-0.25, -0.2) is 0 Å². The summed E-state index contributed by atoms with van der Waals surface area (Å²) in [6.07, 6.45) is 5.24. The number of nitriles is 1. The second-order valence-electron chi connectivity index (χ2n) is 4.78. The first kappa shape index (κ1) is 17.6. The van der Waals surface area contributed by atoms with Crippen molar-refractivity contribution in [1.82, 2.24) is 0 Å². The van der Waals surface area contributed by atoms with Crippen LogP contribution in [0.15, 0.2) is 53.4 Å². The smallest absolute Gasteiger partial charge is 0.185 e. The molecule has 4 nitrogen and oxygen atoms in total. The monoisotopic (exact) mass is 339 g/mol. The molecule has 0 aliphatic heterocycles. The average Bonchev–Trinajstić information content (AvgIpc) is 2.64. The van der Waals surface area contributed by atoms with Crippen LogP contribution in [0.25, 0.3) is 6.08 Å². The second kappa shape index (κ2) is 8.80. The van der Waals surface area contributed by atoms with E-state index in [1.165, 1.54) is 13.2 Å². The summed E-state index contributed by atoms with van der Waals surface area (Å²) in [5, 5.41) is 8.57. The number of carbonyl (C=O) groups excluding carboxylic acids is 1. The van der Waals surface area contributed by atoms with Gasteiger partial charge in [-0.2, -0.15) is 5.26 Å². The van der Waals surface area contributed by atoms with Gasteiger partial charge in [0.1, 0.15) is 6.07 Å². The predicted molar refractivity (Wildman–Crippen MR) is 95.7 cm³/mol. The molecule has 0 fully saturated rings. The Bertz CT molecular complexity index is 776. The zero-order chi connectivity index (χ0) is 17.4. The van der Waals surface area contributed by atoms with Crippen molar-refractivity contribution in [3.05, 3.63) is 59.7 Å². The molecule has 0 aliphatic rings. The molecule has 5 heteroatoms. The molecule has 0 heterocycles. The topological polar surface area (TPSA) is 59.3 Å². The van der Waals surface area contributed by atoms with Crippen LogP contribution < -0.4 is 9.47 Å². The molecule has 0 aromatic heterocycles. The van der Waals surface area contributed by atoms with E-state index in [0.717, 1.165) is 10.5 Å². The van der Waals surface area contributed by atoms with Gasteiger partial charge in [0.05, 0.1) is 7.11 Å². The first-order valence-corrected chi connectivity index (χ1v) is 8.44. The number of allylic oxidation sites excluding steroid dienone is 1. The van der Waals surface area contributed by atoms with Crippen molar-refractivity contribution < 1.29 is 14.3 Å². The van der Waals surface area contributed by atoms with Crippen molar-refractivity contribution in [3.8, 4) is 17.6 Å². The number of ketones is 1. The summed E-state index contributed by atoms with van der Waals surface area (Å²) in [7, 11) is 1.53. The lowest BCUT2D eigenvalue weighted by Crippen LogP contribution is -1.97. The summed E-state index contributed by atoms with van der Waals surface area (Å²) in [4.78, 5) is 13.3. The Morgan fingerprint density at radius 2 is 1.96 bits per heavy atom. The second-order valence-corrected chi connectivity index (χ2v) is 5.66. The molecule has 0 atom stereocenters. The molecule has 2 rings (SSSR count). The Kier molecular flexibility index (Phi) is 6.47. The summed E-state index contributed by atoms with van der Waals surface area (Å²) in [6, 6.07) is 14.7. The summed E-state index contributed by atoms with van der Waals surface area (Å²) < 4.78 is 10.5. The summed E-state index contributed by atoms with van der Waals surface area (Å²) in [5.74, 6) is 0.950. The van der Waals surface area contributed by atoms with Gasteiger partial charge in [0, 0.05) is 10.5 Å². The molecule has 2 aromatic carbocycles. The van der Waals surface area contributed by atoms with Gasteiger partial charge in [-0.15, -0.1) is 11.8 Å². The van der Waals surface area contributed by atoms with Crippen LogP contribution in [-0.2, 0) is 0 Å². The summed E-state index contributed by atoms with van der Waals surface area (Å²) in [6.45, 7) is -0.0456. The minimum atomic E-state index is -0.0635. The van der Waals surface area contributed by atoms with Gasteiger partial charge in [-0.3, -0.25) is 4.79 Å². The Hall–Kier alpha value is -2.71. The maximum absolute atomic E-state index is 12.2. The van der Waals surface area contributed by atoms with E-state index < -0.39 is 0 Å². The predicted octanol–water partition coefficient (Wildman–Crippen LogP) is 4.22. The Morgan fingerprint density at radius 3 is 2.58 bits per heavy atom. The van der Waals surface area contributed by atoms with Gasteiger partial charge in [-0.1, -0.05) is 12.1 Å². The van der Waals surface area contributed by atoms with E-state index in [-0.39, 0.29) is 12.4 Å². The summed E-state index contributed by atoms with van der Waals surface area (Å²) >= 11 is 1.64. The van der Waals surface area contributed by atoms with Crippen LogP contribution in [-0.4, -0.2) is 25.8 Å². The van der Waals surface area contributed by atoms with Crippen LogP contribution in [0.2, 0.25) is 0 Å². The number of benzene rings is 2. The molecular weight excluding hydrogens is 322 g/mol. The molecule has 0 spiro atoms. The fourth-order valence-electron chi connectivity index (χ4n) is 2.04. The molecule has 2 aromatic rings. The molecule has 0 unspecified atom stereocenters. The van der Waals surface area contributed by atoms with Crippen molar-refractivity contribution >= 4 is 23.6 Å². The fourth-order valence-corrected chi connectivity index (χ4v) is 2.45. The minimum Gasteiger partial charge on any atom is -0.493 e. The number of thioether (sulfide) groups is 1. The molecular formula is C19H17NO3S. The molecule has 0 radical (unpaired) electrons. The lowest BCUT2D eigenvalue weighted by atomic mass is 10.1. The van der Waals surface area contributed by atoms with Crippen LogP contribution in [0.3, 0.4) is 0 Å². The first-order valence-electron chi connectivity index (χ1n) is 7.22. The fraction of sp³-hybridized carbons (Fsp3) is 0.158. The van der Waals surface area contributed by atoms with Gasteiger partial charge in [0.25, 0.3) is 0 Å². The molecule has 0 aliphatic carbocycles. The number of ether oxygens (including phenoxy) is 2. The highest BCUT2D eigenvalue weighted by atomic mass is 32.2. The number of rotatable bonds is 7. The lowest BCUT2D eigenvalue weighted by Gasteiger charge is -2.08. The van der Waals surface area contributed by atoms with Crippen molar-refractivity contribution in [2.45, 2.75) is 4.90 Å². The van der Waals surface area contributed by atoms with E-state index in [1.807, 2.05) is 36.6 Å². The zero-order valence-corrected chi connectivity index (χ0v) is 14.3. The SMILES string of the molecule is COc1cc(/C=C/C(=O)c2ccc(SC)cc2)ccc1OCC#N. The minimum absolute atomic E-state index is 0.0456. The number of hydrogen-bond acceptors (Lipinski definition) is 5. The van der Waals surface area contributed by atoms with E-state index in [9.17, 15) is 4.79 Å². The van der Waals surface area contributed by atoms with E-state index in [1.54, 1.807) is 36.0 Å². The zero-order valence-electron chi connectivity index (χ0n) is 13.5. The normalized spacial score (nSPS) is 10.4. The van der Waals surface area contributed by atoms with E-state index >= 15 is 0 Å². The number of hydrogen-bond donors (Lipinski definition) is 0. The summed E-state index contributed by atoms with van der Waals surface area (Å²) in [5.41, 5.74) is 1.45. The van der Waals surface area contributed by atoms with Gasteiger partial charge >= 0.3 is 0 Å².